The summed E-state index contributed by atoms with van der Waals surface area (Å²) in [6, 6.07) is 13.1. The lowest BCUT2D eigenvalue weighted by molar-refractivity contribution is -0.118. The number of alkyl carbamates (subject to hydrolysis) is 1. The minimum atomic E-state index is -0.726. The van der Waals surface area contributed by atoms with Crippen LogP contribution < -0.4 is 20.1 Å². The number of amides is 2. The number of nitriles is 1. The molecule has 2 amide bonds. The molecule has 2 aromatic rings. The van der Waals surface area contributed by atoms with E-state index < -0.39 is 17.7 Å². The predicted octanol–water partition coefficient (Wildman–Crippen LogP) is 4.99. The van der Waals surface area contributed by atoms with Crippen molar-refractivity contribution in [2.45, 2.75) is 52.7 Å². The SMILES string of the molecule is CCOc1cc(Oc2ccc(NC(=O)[C@@H](CC)NC(=O)OC(C)(C)C)cc2)ccc1C#N. The van der Waals surface area contributed by atoms with Crippen LogP contribution in [0, 0.1) is 11.3 Å². The minimum Gasteiger partial charge on any atom is -0.492 e. The summed E-state index contributed by atoms with van der Waals surface area (Å²) in [7, 11) is 0. The van der Waals surface area contributed by atoms with E-state index in [0.717, 1.165) is 0 Å². The maximum absolute atomic E-state index is 12.5. The topological polar surface area (TPSA) is 110 Å². The fraction of sp³-hybridized carbons (Fsp3) is 0.375. The van der Waals surface area contributed by atoms with Gasteiger partial charge >= 0.3 is 6.09 Å². The lowest BCUT2D eigenvalue weighted by Gasteiger charge is -2.22. The average molecular weight is 440 g/mol. The van der Waals surface area contributed by atoms with Gasteiger partial charge in [0.2, 0.25) is 5.91 Å². The molecule has 0 saturated heterocycles. The normalized spacial score (nSPS) is 11.6. The zero-order valence-corrected chi connectivity index (χ0v) is 19.0. The molecular weight excluding hydrogens is 410 g/mol. The standard InChI is InChI=1S/C24H29N3O5/c1-6-20(27-23(29)32-24(3,4)5)22(28)26-17-9-12-18(13-10-17)31-19-11-8-16(15-25)21(14-19)30-7-2/h8-14,20H,6-7H2,1-5H3,(H,26,28)(H,27,29)/t20-/m1/s1. The first-order valence-electron chi connectivity index (χ1n) is 10.4. The third-order valence-corrected chi connectivity index (χ3v) is 4.15. The van der Waals surface area contributed by atoms with Gasteiger partial charge in [-0.05, 0) is 70.5 Å². The Morgan fingerprint density at radius 1 is 1.06 bits per heavy atom. The zero-order valence-electron chi connectivity index (χ0n) is 19.0. The molecule has 0 unspecified atom stereocenters. The predicted molar refractivity (Wildman–Crippen MR) is 121 cm³/mol. The van der Waals surface area contributed by atoms with Gasteiger partial charge in [-0.15, -0.1) is 0 Å². The molecule has 8 nitrogen and oxygen atoms in total. The maximum Gasteiger partial charge on any atom is 0.408 e. The van der Waals surface area contributed by atoms with Gasteiger partial charge < -0.3 is 24.8 Å². The Labute approximate surface area is 188 Å². The van der Waals surface area contributed by atoms with Gasteiger partial charge in [0.25, 0.3) is 0 Å². The number of hydrogen-bond acceptors (Lipinski definition) is 6. The van der Waals surface area contributed by atoms with Gasteiger partial charge in [-0.25, -0.2) is 4.79 Å². The van der Waals surface area contributed by atoms with Crippen molar-refractivity contribution >= 4 is 17.7 Å². The Hall–Kier alpha value is -3.73. The molecule has 8 heteroatoms. The maximum atomic E-state index is 12.5. The lowest BCUT2D eigenvalue weighted by Crippen LogP contribution is -2.45. The first-order chi connectivity index (χ1) is 15.1. The van der Waals surface area contributed by atoms with Crippen molar-refractivity contribution < 1.29 is 23.8 Å². The summed E-state index contributed by atoms with van der Waals surface area (Å²) < 4.78 is 16.5. The summed E-state index contributed by atoms with van der Waals surface area (Å²) in [4.78, 5) is 24.5. The minimum absolute atomic E-state index is 0.347. The van der Waals surface area contributed by atoms with Gasteiger partial charge in [0.1, 0.15) is 35.0 Å². The molecule has 1 atom stereocenters. The van der Waals surface area contributed by atoms with Crippen molar-refractivity contribution in [2.24, 2.45) is 0 Å². The highest BCUT2D eigenvalue weighted by molar-refractivity contribution is 5.96. The van der Waals surface area contributed by atoms with E-state index in [-0.39, 0.29) is 5.91 Å². The molecule has 0 bridgehead atoms. The number of nitrogens with zero attached hydrogens (tertiary/aromatic N) is 1. The Morgan fingerprint density at radius 2 is 1.72 bits per heavy atom. The van der Waals surface area contributed by atoms with Crippen LogP contribution in [-0.2, 0) is 9.53 Å². The molecule has 32 heavy (non-hydrogen) atoms. The highest BCUT2D eigenvalue weighted by Crippen LogP contribution is 2.29. The molecule has 2 aromatic carbocycles. The van der Waals surface area contributed by atoms with Crippen LogP contribution in [-0.4, -0.2) is 30.3 Å². The number of carbonyl (C=O) groups is 2. The van der Waals surface area contributed by atoms with E-state index in [2.05, 4.69) is 16.7 Å². The van der Waals surface area contributed by atoms with Crippen LogP contribution in [0.5, 0.6) is 17.2 Å². The molecule has 0 aromatic heterocycles. The van der Waals surface area contributed by atoms with E-state index in [9.17, 15) is 9.59 Å². The average Bonchev–Trinajstić information content (AvgIpc) is 2.72. The Kier molecular flexibility index (Phi) is 8.47. The quantitative estimate of drug-likeness (QED) is 0.600. The fourth-order valence-electron chi connectivity index (χ4n) is 2.71. The van der Waals surface area contributed by atoms with Crippen molar-refractivity contribution in [3.8, 4) is 23.3 Å². The highest BCUT2D eigenvalue weighted by atomic mass is 16.6. The van der Waals surface area contributed by atoms with Crippen LogP contribution in [0.4, 0.5) is 10.5 Å². The largest absolute Gasteiger partial charge is 0.492 e. The van der Waals surface area contributed by atoms with Gasteiger partial charge in [-0.3, -0.25) is 4.79 Å². The second-order valence-electron chi connectivity index (χ2n) is 7.93. The lowest BCUT2D eigenvalue weighted by atomic mass is 10.2. The second-order valence-corrected chi connectivity index (χ2v) is 7.93. The third kappa shape index (κ3) is 7.51. The van der Waals surface area contributed by atoms with Crippen LogP contribution in [0.2, 0.25) is 0 Å². The molecule has 0 heterocycles. The fourth-order valence-corrected chi connectivity index (χ4v) is 2.71. The smallest absolute Gasteiger partial charge is 0.408 e. The van der Waals surface area contributed by atoms with E-state index in [4.69, 9.17) is 19.5 Å². The van der Waals surface area contributed by atoms with Gasteiger partial charge in [-0.2, -0.15) is 5.26 Å². The van der Waals surface area contributed by atoms with Crippen molar-refractivity contribution in [3.63, 3.8) is 0 Å². The molecular formula is C24H29N3O5. The number of nitrogens with one attached hydrogen (secondary N) is 2. The third-order valence-electron chi connectivity index (χ3n) is 4.15. The van der Waals surface area contributed by atoms with Crippen molar-refractivity contribution in [3.05, 3.63) is 48.0 Å². The van der Waals surface area contributed by atoms with Crippen molar-refractivity contribution in [2.75, 3.05) is 11.9 Å². The summed E-state index contributed by atoms with van der Waals surface area (Å²) in [6.45, 7) is 9.35. The summed E-state index contributed by atoms with van der Waals surface area (Å²) in [6.07, 6.45) is -0.232. The molecule has 0 spiro atoms. The molecule has 170 valence electrons. The molecule has 0 saturated carbocycles. The van der Waals surface area contributed by atoms with Crippen molar-refractivity contribution in [1.82, 2.24) is 5.32 Å². The van der Waals surface area contributed by atoms with E-state index in [0.29, 0.717) is 41.5 Å². The Morgan fingerprint density at radius 3 is 2.28 bits per heavy atom. The molecule has 2 rings (SSSR count). The molecule has 0 radical (unpaired) electrons. The molecule has 2 N–H and O–H groups in total. The van der Waals surface area contributed by atoms with Crippen LogP contribution in [0.3, 0.4) is 0 Å². The van der Waals surface area contributed by atoms with Crippen LogP contribution in [0.1, 0.15) is 46.6 Å². The highest BCUT2D eigenvalue weighted by Gasteiger charge is 2.23. The van der Waals surface area contributed by atoms with Gasteiger partial charge in [-0.1, -0.05) is 6.92 Å². The van der Waals surface area contributed by atoms with Gasteiger partial charge in [0, 0.05) is 11.8 Å². The summed E-state index contributed by atoms with van der Waals surface area (Å²) >= 11 is 0. The van der Waals surface area contributed by atoms with Crippen LogP contribution >= 0.6 is 0 Å². The second kappa shape index (κ2) is 11.0. The summed E-state index contributed by atoms with van der Waals surface area (Å²) in [5.41, 5.74) is 0.344. The molecule has 0 aliphatic heterocycles. The van der Waals surface area contributed by atoms with Crippen LogP contribution in [0.15, 0.2) is 42.5 Å². The van der Waals surface area contributed by atoms with Gasteiger partial charge in [0.15, 0.2) is 0 Å². The van der Waals surface area contributed by atoms with E-state index in [1.165, 1.54) is 0 Å². The first kappa shape index (κ1) is 24.5. The van der Waals surface area contributed by atoms with E-state index >= 15 is 0 Å². The van der Waals surface area contributed by atoms with Gasteiger partial charge in [0.05, 0.1) is 12.2 Å². The molecule has 0 aliphatic carbocycles. The number of carbonyl (C=O) groups excluding carboxylic acids is 2. The monoisotopic (exact) mass is 439 g/mol. The van der Waals surface area contributed by atoms with E-state index in [1.54, 1.807) is 70.2 Å². The number of anilines is 1. The first-order valence-corrected chi connectivity index (χ1v) is 10.4. The zero-order chi connectivity index (χ0) is 23.7. The number of hydrogen-bond donors (Lipinski definition) is 2. The molecule has 0 aliphatic rings. The Balaban J connectivity index is 2.00. The summed E-state index contributed by atoms with van der Waals surface area (Å²) in [5.74, 6) is 1.19. The summed E-state index contributed by atoms with van der Waals surface area (Å²) in [5, 5.41) is 14.5. The number of rotatable bonds is 8. The number of benzene rings is 2. The van der Waals surface area contributed by atoms with Crippen molar-refractivity contribution in [1.29, 1.82) is 5.26 Å². The van der Waals surface area contributed by atoms with E-state index in [1.807, 2.05) is 6.92 Å². The Bertz CT molecular complexity index is 975. The van der Waals surface area contributed by atoms with Crippen LogP contribution in [0.25, 0.3) is 0 Å². The number of ether oxygens (including phenoxy) is 3. The molecule has 0 fully saturated rings.